The maximum absolute atomic E-state index is 12.9. The van der Waals surface area contributed by atoms with Gasteiger partial charge in [0.2, 0.25) is 0 Å². The molecule has 0 aliphatic heterocycles. The van der Waals surface area contributed by atoms with Crippen LogP contribution in [0, 0.1) is 5.82 Å². The van der Waals surface area contributed by atoms with E-state index in [2.05, 4.69) is 5.10 Å². The Morgan fingerprint density at radius 3 is 2.82 bits per heavy atom. The van der Waals surface area contributed by atoms with Crippen molar-refractivity contribution >= 4 is 5.78 Å². The van der Waals surface area contributed by atoms with Gasteiger partial charge in [0, 0.05) is 17.8 Å². The van der Waals surface area contributed by atoms with Crippen LogP contribution >= 0.6 is 0 Å². The van der Waals surface area contributed by atoms with Gasteiger partial charge < -0.3 is 0 Å². The van der Waals surface area contributed by atoms with Crippen molar-refractivity contribution < 1.29 is 9.18 Å². The molecule has 86 valence electrons. The fourth-order valence-corrected chi connectivity index (χ4v) is 1.40. The topological polar surface area (TPSA) is 52.0 Å². The van der Waals surface area contributed by atoms with E-state index in [1.54, 1.807) is 0 Å². The molecule has 0 aliphatic carbocycles. The van der Waals surface area contributed by atoms with Gasteiger partial charge in [0.1, 0.15) is 12.4 Å². The first-order valence-electron chi connectivity index (χ1n) is 4.98. The number of carbonyl (C=O) groups is 1. The minimum Gasteiger partial charge on any atom is -0.292 e. The van der Waals surface area contributed by atoms with E-state index in [-0.39, 0.29) is 23.5 Å². The second kappa shape index (κ2) is 4.69. The summed E-state index contributed by atoms with van der Waals surface area (Å²) in [5.74, 6) is -0.838. The molecule has 0 saturated carbocycles. The molecule has 1 aromatic carbocycles. The molecule has 1 heterocycles. The first kappa shape index (κ1) is 11.2. The summed E-state index contributed by atoms with van der Waals surface area (Å²) in [6, 6.07) is 8.14. The largest absolute Gasteiger partial charge is 0.292 e. The standard InChI is InChI=1S/C12H9FN2O2/c13-10-4-1-3-9(7-10)11(16)8-15-12(17)5-2-6-14-15/h1-7H,8H2. The SMILES string of the molecule is O=C(Cn1ncccc1=O)c1cccc(F)c1. The molecule has 0 saturated heterocycles. The van der Waals surface area contributed by atoms with Crippen molar-refractivity contribution in [2.24, 2.45) is 0 Å². The molecule has 0 aliphatic rings. The molecule has 0 bridgehead atoms. The summed E-state index contributed by atoms with van der Waals surface area (Å²) in [7, 11) is 0. The molecular formula is C12H9FN2O2. The molecule has 5 heteroatoms. The summed E-state index contributed by atoms with van der Waals surface area (Å²) in [5, 5.41) is 3.76. The number of hydrogen-bond acceptors (Lipinski definition) is 3. The highest BCUT2D eigenvalue weighted by Crippen LogP contribution is 2.04. The predicted molar refractivity (Wildman–Crippen MR) is 59.2 cm³/mol. The summed E-state index contributed by atoms with van der Waals surface area (Å²) in [5.41, 5.74) is -0.139. The van der Waals surface area contributed by atoms with E-state index in [4.69, 9.17) is 0 Å². The first-order chi connectivity index (χ1) is 8.16. The Morgan fingerprint density at radius 2 is 2.12 bits per heavy atom. The van der Waals surface area contributed by atoms with E-state index < -0.39 is 5.82 Å². The van der Waals surface area contributed by atoms with E-state index >= 15 is 0 Å². The van der Waals surface area contributed by atoms with Crippen molar-refractivity contribution in [3.63, 3.8) is 0 Å². The van der Waals surface area contributed by atoms with Gasteiger partial charge in [0.15, 0.2) is 5.78 Å². The summed E-state index contributed by atoms with van der Waals surface area (Å²) in [4.78, 5) is 23.1. The molecule has 17 heavy (non-hydrogen) atoms. The van der Waals surface area contributed by atoms with E-state index in [1.165, 1.54) is 36.5 Å². The quantitative estimate of drug-likeness (QED) is 0.749. The fourth-order valence-electron chi connectivity index (χ4n) is 1.40. The lowest BCUT2D eigenvalue weighted by Gasteiger charge is -2.03. The van der Waals surface area contributed by atoms with Crippen LogP contribution in [0.5, 0.6) is 0 Å². The summed E-state index contributed by atoms with van der Waals surface area (Å²) < 4.78 is 13.9. The van der Waals surface area contributed by atoms with Crippen LogP contribution in [0.2, 0.25) is 0 Å². The minimum absolute atomic E-state index is 0.191. The average molecular weight is 232 g/mol. The summed E-state index contributed by atoms with van der Waals surface area (Å²) in [6.45, 7) is -0.191. The number of hydrogen-bond donors (Lipinski definition) is 0. The molecular weight excluding hydrogens is 223 g/mol. The normalized spacial score (nSPS) is 10.2. The average Bonchev–Trinajstić information content (AvgIpc) is 2.32. The maximum Gasteiger partial charge on any atom is 0.267 e. The predicted octanol–water partition coefficient (Wildman–Crippen LogP) is 1.27. The van der Waals surface area contributed by atoms with Crippen molar-refractivity contribution in [1.29, 1.82) is 0 Å². The maximum atomic E-state index is 12.9. The number of halogens is 1. The van der Waals surface area contributed by atoms with Crippen LogP contribution in [0.4, 0.5) is 4.39 Å². The third kappa shape index (κ3) is 2.63. The number of aromatic nitrogens is 2. The van der Waals surface area contributed by atoms with Crippen LogP contribution in [0.3, 0.4) is 0 Å². The van der Waals surface area contributed by atoms with Crippen molar-refractivity contribution in [2.75, 3.05) is 0 Å². The zero-order valence-electron chi connectivity index (χ0n) is 8.84. The van der Waals surface area contributed by atoms with Crippen LogP contribution in [0.25, 0.3) is 0 Å². The van der Waals surface area contributed by atoms with E-state index in [1.807, 2.05) is 0 Å². The van der Waals surface area contributed by atoms with Crippen molar-refractivity contribution in [3.8, 4) is 0 Å². The number of benzene rings is 1. The molecule has 0 atom stereocenters. The molecule has 0 N–H and O–H groups in total. The molecule has 2 rings (SSSR count). The Hall–Kier alpha value is -2.30. The smallest absolute Gasteiger partial charge is 0.267 e. The number of Topliss-reactive ketones (excluding diaryl/α,β-unsaturated/α-hetero) is 1. The Labute approximate surface area is 96.3 Å². The monoisotopic (exact) mass is 232 g/mol. The Balaban J connectivity index is 2.23. The van der Waals surface area contributed by atoms with Gasteiger partial charge in [-0.15, -0.1) is 0 Å². The van der Waals surface area contributed by atoms with E-state index in [9.17, 15) is 14.0 Å². The third-order valence-corrected chi connectivity index (χ3v) is 2.23. The summed E-state index contributed by atoms with van der Waals surface area (Å²) >= 11 is 0. The molecule has 0 spiro atoms. The van der Waals surface area contributed by atoms with Gasteiger partial charge >= 0.3 is 0 Å². The van der Waals surface area contributed by atoms with Crippen molar-refractivity contribution in [3.05, 3.63) is 64.3 Å². The Kier molecular flexibility index (Phi) is 3.09. The van der Waals surface area contributed by atoms with Crippen LogP contribution in [-0.2, 0) is 6.54 Å². The lowest BCUT2D eigenvalue weighted by atomic mass is 10.1. The van der Waals surface area contributed by atoms with E-state index in [0.717, 1.165) is 10.7 Å². The van der Waals surface area contributed by atoms with Crippen LogP contribution in [-0.4, -0.2) is 15.6 Å². The Morgan fingerprint density at radius 1 is 1.29 bits per heavy atom. The van der Waals surface area contributed by atoms with Gasteiger partial charge in [0.25, 0.3) is 5.56 Å². The third-order valence-electron chi connectivity index (χ3n) is 2.23. The number of carbonyl (C=O) groups excluding carboxylic acids is 1. The molecule has 0 radical (unpaired) electrons. The molecule has 0 unspecified atom stereocenters. The van der Waals surface area contributed by atoms with Gasteiger partial charge in [-0.1, -0.05) is 12.1 Å². The number of nitrogens with zero attached hydrogens (tertiary/aromatic N) is 2. The molecule has 0 amide bonds. The molecule has 2 aromatic rings. The fraction of sp³-hybridized carbons (Fsp3) is 0.0833. The summed E-state index contributed by atoms with van der Waals surface area (Å²) in [6.07, 6.45) is 1.42. The lowest BCUT2D eigenvalue weighted by molar-refractivity contribution is 0.0965. The van der Waals surface area contributed by atoms with Crippen LogP contribution < -0.4 is 5.56 Å². The minimum atomic E-state index is -0.482. The van der Waals surface area contributed by atoms with Crippen molar-refractivity contribution in [2.45, 2.75) is 6.54 Å². The van der Waals surface area contributed by atoms with Crippen LogP contribution in [0.1, 0.15) is 10.4 Å². The highest BCUT2D eigenvalue weighted by Gasteiger charge is 2.08. The number of rotatable bonds is 3. The highest BCUT2D eigenvalue weighted by molar-refractivity contribution is 5.95. The van der Waals surface area contributed by atoms with Gasteiger partial charge in [-0.25, -0.2) is 9.07 Å². The van der Waals surface area contributed by atoms with Gasteiger partial charge in [0.05, 0.1) is 0 Å². The number of ketones is 1. The lowest BCUT2D eigenvalue weighted by Crippen LogP contribution is -2.25. The molecule has 1 aromatic heterocycles. The van der Waals surface area contributed by atoms with E-state index in [0.29, 0.717) is 0 Å². The van der Waals surface area contributed by atoms with Crippen LogP contribution in [0.15, 0.2) is 47.4 Å². The second-order valence-electron chi connectivity index (χ2n) is 3.45. The zero-order valence-corrected chi connectivity index (χ0v) is 8.84. The van der Waals surface area contributed by atoms with Gasteiger partial charge in [-0.05, 0) is 18.2 Å². The van der Waals surface area contributed by atoms with Gasteiger partial charge in [-0.3, -0.25) is 9.59 Å². The second-order valence-corrected chi connectivity index (χ2v) is 3.45. The van der Waals surface area contributed by atoms with Crippen molar-refractivity contribution in [1.82, 2.24) is 9.78 Å². The zero-order chi connectivity index (χ0) is 12.3. The molecule has 4 nitrogen and oxygen atoms in total. The Bertz CT molecular complexity index is 607. The molecule has 0 fully saturated rings. The highest BCUT2D eigenvalue weighted by atomic mass is 19.1. The first-order valence-corrected chi connectivity index (χ1v) is 4.98. The van der Waals surface area contributed by atoms with Gasteiger partial charge in [-0.2, -0.15) is 5.10 Å².